The number of ether oxygens (including phenoxy) is 1. The molecule has 0 radical (unpaired) electrons. The summed E-state index contributed by atoms with van der Waals surface area (Å²) in [6, 6.07) is 6.36. The first-order chi connectivity index (χ1) is 10.0. The summed E-state index contributed by atoms with van der Waals surface area (Å²) in [6.45, 7) is 2.03. The van der Waals surface area contributed by atoms with Gasteiger partial charge < -0.3 is 9.15 Å². The van der Waals surface area contributed by atoms with Gasteiger partial charge in [-0.3, -0.25) is 0 Å². The van der Waals surface area contributed by atoms with Crippen LogP contribution in [0, 0.1) is 5.82 Å². The topological polar surface area (TPSA) is 39.4 Å². The van der Waals surface area contributed by atoms with Crippen LogP contribution in [-0.4, -0.2) is 12.6 Å². The van der Waals surface area contributed by atoms with Gasteiger partial charge in [0, 0.05) is 10.5 Å². The van der Waals surface area contributed by atoms with Crippen LogP contribution in [0.2, 0.25) is 0 Å². The monoisotopic (exact) mass is 416 g/mol. The van der Waals surface area contributed by atoms with Crippen molar-refractivity contribution in [1.29, 1.82) is 0 Å². The lowest BCUT2D eigenvalue weighted by atomic mass is 10.1. The quantitative estimate of drug-likeness (QED) is 0.507. The lowest BCUT2D eigenvalue weighted by Crippen LogP contribution is -1.98. The maximum Gasteiger partial charge on any atom is 0.330 e. The van der Waals surface area contributed by atoms with Gasteiger partial charge in [-0.15, -0.1) is 0 Å². The highest BCUT2D eigenvalue weighted by molar-refractivity contribution is 9.10. The van der Waals surface area contributed by atoms with Crippen LogP contribution < -0.4 is 0 Å². The molecule has 21 heavy (non-hydrogen) atoms. The molecule has 110 valence electrons. The summed E-state index contributed by atoms with van der Waals surface area (Å²) in [5, 5.41) is 0. The number of benzene rings is 1. The van der Waals surface area contributed by atoms with E-state index in [1.165, 1.54) is 18.2 Å². The largest absolute Gasteiger partial charge is 0.463 e. The normalized spacial score (nSPS) is 11.0. The molecule has 0 fully saturated rings. The van der Waals surface area contributed by atoms with E-state index in [1.54, 1.807) is 25.1 Å². The second kappa shape index (κ2) is 7.04. The summed E-state index contributed by atoms with van der Waals surface area (Å²) < 4.78 is 25.5. The van der Waals surface area contributed by atoms with Crippen LogP contribution in [0.5, 0.6) is 0 Å². The summed E-state index contributed by atoms with van der Waals surface area (Å²) in [7, 11) is 0. The minimum absolute atomic E-state index is 0.306. The lowest BCUT2D eigenvalue weighted by Gasteiger charge is -2.01. The fourth-order valence-corrected chi connectivity index (χ4v) is 2.52. The first-order valence-electron chi connectivity index (χ1n) is 6.11. The number of furan rings is 1. The first-order valence-corrected chi connectivity index (χ1v) is 7.69. The number of esters is 1. The number of halogens is 3. The first kappa shape index (κ1) is 16.0. The van der Waals surface area contributed by atoms with Gasteiger partial charge in [0.1, 0.15) is 11.6 Å². The number of rotatable bonds is 4. The third-order valence-electron chi connectivity index (χ3n) is 2.55. The van der Waals surface area contributed by atoms with Crippen molar-refractivity contribution in [2.75, 3.05) is 6.61 Å². The molecule has 3 nitrogen and oxygen atoms in total. The predicted molar refractivity (Wildman–Crippen MR) is 85.2 cm³/mol. The molecule has 1 heterocycles. The Labute approximate surface area is 138 Å². The molecule has 0 aliphatic carbocycles. The SMILES string of the molecule is CCOC(=O)/C=C/c1cc(Br)c(-c2ccc(Br)cc2F)o1. The Morgan fingerprint density at radius 3 is 2.81 bits per heavy atom. The minimum atomic E-state index is -0.457. The maximum atomic E-state index is 13.9. The minimum Gasteiger partial charge on any atom is -0.463 e. The molecule has 2 rings (SSSR count). The van der Waals surface area contributed by atoms with Gasteiger partial charge in [-0.25, -0.2) is 9.18 Å². The fourth-order valence-electron chi connectivity index (χ4n) is 1.67. The van der Waals surface area contributed by atoms with E-state index < -0.39 is 11.8 Å². The number of carbonyl (C=O) groups is 1. The lowest BCUT2D eigenvalue weighted by molar-refractivity contribution is -0.137. The van der Waals surface area contributed by atoms with Crippen LogP contribution in [0.1, 0.15) is 12.7 Å². The molecule has 0 amide bonds. The van der Waals surface area contributed by atoms with E-state index in [2.05, 4.69) is 31.9 Å². The Morgan fingerprint density at radius 2 is 2.14 bits per heavy atom. The van der Waals surface area contributed by atoms with Gasteiger partial charge in [-0.05, 0) is 53.2 Å². The third-order valence-corrected chi connectivity index (χ3v) is 3.63. The number of hydrogen-bond donors (Lipinski definition) is 0. The molecule has 0 atom stereocenters. The molecule has 0 unspecified atom stereocenters. The van der Waals surface area contributed by atoms with Crippen LogP contribution in [0.15, 0.2) is 43.7 Å². The van der Waals surface area contributed by atoms with Crippen LogP contribution in [-0.2, 0) is 9.53 Å². The summed E-state index contributed by atoms with van der Waals surface area (Å²) in [5.41, 5.74) is 0.334. The van der Waals surface area contributed by atoms with Gasteiger partial charge in [-0.1, -0.05) is 15.9 Å². The predicted octanol–water partition coefficient (Wildman–Crippen LogP) is 5.19. The van der Waals surface area contributed by atoms with Gasteiger partial charge in [0.05, 0.1) is 16.6 Å². The molecule has 0 aliphatic heterocycles. The Morgan fingerprint density at radius 1 is 1.38 bits per heavy atom. The molecule has 0 aliphatic rings. The summed E-state index contributed by atoms with van der Waals surface area (Å²) >= 11 is 6.53. The Hall–Kier alpha value is -1.40. The zero-order valence-electron chi connectivity index (χ0n) is 11.0. The van der Waals surface area contributed by atoms with Crippen molar-refractivity contribution >= 4 is 43.9 Å². The smallest absolute Gasteiger partial charge is 0.330 e. The molecule has 0 saturated carbocycles. The molecule has 0 spiro atoms. The molecular formula is C15H11Br2FO3. The average Bonchev–Trinajstić information content (AvgIpc) is 2.78. The Balaban J connectivity index is 2.29. The van der Waals surface area contributed by atoms with E-state index >= 15 is 0 Å². The zero-order valence-corrected chi connectivity index (χ0v) is 14.2. The molecule has 0 N–H and O–H groups in total. The van der Waals surface area contributed by atoms with Crippen molar-refractivity contribution in [2.24, 2.45) is 0 Å². The van der Waals surface area contributed by atoms with Crippen LogP contribution in [0.25, 0.3) is 17.4 Å². The average molecular weight is 418 g/mol. The van der Waals surface area contributed by atoms with Gasteiger partial charge in [-0.2, -0.15) is 0 Å². The van der Waals surface area contributed by atoms with E-state index in [9.17, 15) is 9.18 Å². The van der Waals surface area contributed by atoms with Gasteiger partial charge in [0.2, 0.25) is 0 Å². The van der Waals surface area contributed by atoms with Crippen LogP contribution >= 0.6 is 31.9 Å². The molecule has 6 heteroatoms. The summed E-state index contributed by atoms with van der Waals surface area (Å²) in [6.07, 6.45) is 2.74. The highest BCUT2D eigenvalue weighted by Crippen LogP contribution is 2.34. The van der Waals surface area contributed by atoms with Crippen LogP contribution in [0.4, 0.5) is 4.39 Å². The molecule has 2 aromatic rings. The van der Waals surface area contributed by atoms with E-state index in [-0.39, 0.29) is 0 Å². The van der Waals surface area contributed by atoms with Gasteiger partial charge in [0.15, 0.2) is 5.76 Å². The van der Waals surface area contributed by atoms with E-state index in [4.69, 9.17) is 9.15 Å². The third kappa shape index (κ3) is 4.04. The van der Waals surface area contributed by atoms with Crippen molar-refractivity contribution in [3.8, 4) is 11.3 Å². The van der Waals surface area contributed by atoms with E-state index in [1.807, 2.05) is 0 Å². The van der Waals surface area contributed by atoms with Crippen molar-refractivity contribution in [2.45, 2.75) is 6.92 Å². The molecule has 0 bridgehead atoms. The maximum absolute atomic E-state index is 13.9. The highest BCUT2D eigenvalue weighted by atomic mass is 79.9. The van der Waals surface area contributed by atoms with Crippen molar-refractivity contribution < 1.29 is 18.3 Å². The van der Waals surface area contributed by atoms with E-state index in [0.717, 1.165) is 0 Å². The number of carbonyl (C=O) groups excluding carboxylic acids is 1. The second-order valence-electron chi connectivity index (χ2n) is 4.04. The van der Waals surface area contributed by atoms with Gasteiger partial charge >= 0.3 is 5.97 Å². The molecular weight excluding hydrogens is 407 g/mol. The molecule has 0 saturated heterocycles. The van der Waals surface area contributed by atoms with Crippen molar-refractivity contribution in [1.82, 2.24) is 0 Å². The number of hydrogen-bond acceptors (Lipinski definition) is 3. The molecule has 1 aromatic carbocycles. The summed E-state index contributed by atoms with van der Waals surface area (Å²) in [4.78, 5) is 11.2. The summed E-state index contributed by atoms with van der Waals surface area (Å²) in [5.74, 6) is -0.0718. The fraction of sp³-hybridized carbons (Fsp3) is 0.133. The molecule has 1 aromatic heterocycles. The Bertz CT molecular complexity index is 692. The zero-order chi connectivity index (χ0) is 15.4. The van der Waals surface area contributed by atoms with E-state index in [0.29, 0.717) is 32.6 Å². The van der Waals surface area contributed by atoms with Crippen LogP contribution in [0.3, 0.4) is 0 Å². The Kier molecular flexibility index (Phi) is 5.36. The highest BCUT2D eigenvalue weighted by Gasteiger charge is 2.14. The van der Waals surface area contributed by atoms with Gasteiger partial charge in [0.25, 0.3) is 0 Å². The second-order valence-corrected chi connectivity index (χ2v) is 5.81. The standard InChI is InChI=1S/C15H11Br2FO3/c1-2-20-14(19)6-4-10-8-12(17)15(21-10)11-5-3-9(16)7-13(11)18/h3-8H,2H2,1H3/b6-4+. The van der Waals surface area contributed by atoms with Crippen molar-refractivity contribution in [3.05, 3.63) is 50.9 Å². The van der Waals surface area contributed by atoms with Crippen molar-refractivity contribution in [3.63, 3.8) is 0 Å².